The Balaban J connectivity index is 1.77. The maximum atomic E-state index is 12.0. The highest BCUT2D eigenvalue weighted by molar-refractivity contribution is 5.81. The molecule has 5 nitrogen and oxygen atoms in total. The van der Waals surface area contributed by atoms with E-state index in [0.717, 1.165) is 26.0 Å². The molecule has 2 rings (SSSR count). The van der Waals surface area contributed by atoms with Gasteiger partial charge < -0.3 is 20.1 Å². The van der Waals surface area contributed by atoms with Crippen LogP contribution in [0.5, 0.6) is 0 Å². The van der Waals surface area contributed by atoms with Crippen molar-refractivity contribution >= 4 is 5.91 Å². The largest absolute Gasteiger partial charge is 0.378 e. The van der Waals surface area contributed by atoms with Crippen molar-refractivity contribution in [2.24, 2.45) is 11.8 Å². The highest BCUT2D eigenvalue weighted by Gasteiger charge is 2.30. The molecule has 110 valence electrons. The van der Waals surface area contributed by atoms with Crippen LogP contribution in [0.25, 0.3) is 0 Å². The standard InChI is InChI=1S/C14H26N2O3/c1-10(2)13-11(4-3-6-19-13)8-16-14(17)12-9-15-5-7-18-12/h10-13,15H,3-9H2,1-2H3,(H,16,17). The third-order valence-electron chi connectivity index (χ3n) is 3.91. The molecule has 0 radical (unpaired) electrons. The van der Waals surface area contributed by atoms with Crippen molar-refractivity contribution in [3.8, 4) is 0 Å². The van der Waals surface area contributed by atoms with Gasteiger partial charge in [0.25, 0.3) is 0 Å². The molecule has 5 heteroatoms. The molecule has 1 amide bonds. The van der Waals surface area contributed by atoms with Crippen molar-refractivity contribution in [1.29, 1.82) is 0 Å². The van der Waals surface area contributed by atoms with E-state index >= 15 is 0 Å². The van der Waals surface area contributed by atoms with E-state index in [1.807, 2.05) is 0 Å². The first-order chi connectivity index (χ1) is 9.18. The number of nitrogens with one attached hydrogen (secondary N) is 2. The molecule has 0 spiro atoms. The topological polar surface area (TPSA) is 59.6 Å². The third-order valence-corrected chi connectivity index (χ3v) is 3.91. The van der Waals surface area contributed by atoms with Crippen molar-refractivity contribution in [3.63, 3.8) is 0 Å². The minimum Gasteiger partial charge on any atom is -0.378 e. The van der Waals surface area contributed by atoms with Gasteiger partial charge >= 0.3 is 0 Å². The summed E-state index contributed by atoms with van der Waals surface area (Å²) in [6, 6.07) is 0. The monoisotopic (exact) mass is 270 g/mol. The van der Waals surface area contributed by atoms with Crippen LogP contribution in [0.15, 0.2) is 0 Å². The van der Waals surface area contributed by atoms with E-state index < -0.39 is 0 Å². The number of carbonyl (C=O) groups excluding carboxylic acids is 1. The fraction of sp³-hybridized carbons (Fsp3) is 0.929. The smallest absolute Gasteiger partial charge is 0.250 e. The van der Waals surface area contributed by atoms with Crippen LogP contribution in [-0.4, -0.2) is 51.0 Å². The third kappa shape index (κ3) is 4.16. The van der Waals surface area contributed by atoms with E-state index in [9.17, 15) is 4.79 Å². The van der Waals surface area contributed by atoms with Crippen molar-refractivity contribution in [3.05, 3.63) is 0 Å². The van der Waals surface area contributed by atoms with Crippen molar-refractivity contribution in [1.82, 2.24) is 10.6 Å². The molecular formula is C14H26N2O3. The first-order valence-electron chi connectivity index (χ1n) is 7.40. The van der Waals surface area contributed by atoms with Gasteiger partial charge in [-0.15, -0.1) is 0 Å². The van der Waals surface area contributed by atoms with Crippen molar-refractivity contribution < 1.29 is 14.3 Å². The second kappa shape index (κ2) is 7.22. The molecule has 3 unspecified atom stereocenters. The molecule has 3 atom stereocenters. The van der Waals surface area contributed by atoms with E-state index in [4.69, 9.17) is 9.47 Å². The summed E-state index contributed by atoms with van der Waals surface area (Å²) in [5.41, 5.74) is 0. The molecule has 2 saturated heterocycles. The molecule has 2 aliphatic heterocycles. The summed E-state index contributed by atoms with van der Waals surface area (Å²) in [5, 5.41) is 6.19. The normalized spacial score (nSPS) is 32.3. The number of ether oxygens (including phenoxy) is 2. The Morgan fingerprint density at radius 3 is 2.89 bits per heavy atom. The van der Waals surface area contributed by atoms with Gasteiger partial charge in [0, 0.05) is 32.2 Å². The highest BCUT2D eigenvalue weighted by atomic mass is 16.5. The Morgan fingerprint density at radius 1 is 1.37 bits per heavy atom. The number of hydrogen-bond acceptors (Lipinski definition) is 4. The molecule has 0 aromatic carbocycles. The summed E-state index contributed by atoms with van der Waals surface area (Å²) < 4.78 is 11.3. The lowest BCUT2D eigenvalue weighted by molar-refractivity contribution is -0.135. The molecule has 19 heavy (non-hydrogen) atoms. The van der Waals surface area contributed by atoms with Crippen LogP contribution in [0.2, 0.25) is 0 Å². The number of carbonyl (C=O) groups is 1. The quantitative estimate of drug-likeness (QED) is 0.783. The summed E-state index contributed by atoms with van der Waals surface area (Å²) in [5.74, 6) is 0.921. The predicted octanol–water partition coefficient (Wildman–Crippen LogP) is 0.542. The highest BCUT2D eigenvalue weighted by Crippen LogP contribution is 2.25. The second-order valence-electron chi connectivity index (χ2n) is 5.79. The molecule has 0 saturated carbocycles. The Morgan fingerprint density at radius 2 is 2.21 bits per heavy atom. The first-order valence-corrected chi connectivity index (χ1v) is 7.40. The van der Waals surface area contributed by atoms with E-state index in [-0.39, 0.29) is 18.1 Å². The van der Waals surface area contributed by atoms with Crippen molar-refractivity contribution in [2.45, 2.75) is 38.9 Å². The zero-order chi connectivity index (χ0) is 13.7. The average Bonchev–Trinajstić information content (AvgIpc) is 2.46. The average molecular weight is 270 g/mol. The summed E-state index contributed by atoms with van der Waals surface area (Å²) in [6.45, 7) is 7.96. The SMILES string of the molecule is CC(C)C1OCCCC1CNC(=O)C1CNCCO1. The van der Waals surface area contributed by atoms with E-state index in [2.05, 4.69) is 24.5 Å². The van der Waals surface area contributed by atoms with E-state index in [1.165, 1.54) is 0 Å². The van der Waals surface area contributed by atoms with Crippen molar-refractivity contribution in [2.75, 3.05) is 32.8 Å². The maximum Gasteiger partial charge on any atom is 0.250 e. The molecule has 0 aliphatic carbocycles. The summed E-state index contributed by atoms with van der Waals surface area (Å²) in [4.78, 5) is 12.0. The molecule has 2 N–H and O–H groups in total. The van der Waals surface area contributed by atoms with Crippen LogP contribution < -0.4 is 10.6 Å². The minimum absolute atomic E-state index is 0.000259. The predicted molar refractivity (Wildman–Crippen MR) is 72.9 cm³/mol. The Bertz CT molecular complexity index is 290. The summed E-state index contributed by atoms with van der Waals surface area (Å²) in [7, 11) is 0. The lowest BCUT2D eigenvalue weighted by Gasteiger charge is -2.35. The van der Waals surface area contributed by atoms with Crippen LogP contribution in [-0.2, 0) is 14.3 Å². The Kier molecular flexibility index (Phi) is 5.60. The number of amides is 1. The lowest BCUT2D eigenvalue weighted by Crippen LogP contribution is -2.50. The zero-order valence-electron chi connectivity index (χ0n) is 12.0. The second-order valence-corrected chi connectivity index (χ2v) is 5.79. The molecule has 0 bridgehead atoms. The molecule has 0 aromatic rings. The van der Waals surface area contributed by atoms with Gasteiger partial charge in [-0.25, -0.2) is 0 Å². The van der Waals surface area contributed by atoms with E-state index in [0.29, 0.717) is 31.5 Å². The van der Waals surface area contributed by atoms with Crippen LogP contribution in [0.3, 0.4) is 0 Å². The van der Waals surface area contributed by atoms with Gasteiger partial charge in [-0.1, -0.05) is 13.8 Å². The Hall–Kier alpha value is -0.650. The lowest BCUT2D eigenvalue weighted by atomic mass is 9.87. The van der Waals surface area contributed by atoms with Gasteiger partial charge in [-0.2, -0.15) is 0 Å². The summed E-state index contributed by atoms with van der Waals surface area (Å²) >= 11 is 0. The number of rotatable bonds is 4. The fourth-order valence-corrected chi connectivity index (χ4v) is 2.90. The molecule has 2 aliphatic rings. The van der Waals surface area contributed by atoms with Crippen LogP contribution in [0.1, 0.15) is 26.7 Å². The fourth-order valence-electron chi connectivity index (χ4n) is 2.90. The number of morpholine rings is 1. The van der Waals surface area contributed by atoms with Crippen LogP contribution >= 0.6 is 0 Å². The minimum atomic E-state index is -0.337. The van der Waals surface area contributed by atoms with Gasteiger partial charge in [-0.05, 0) is 18.8 Å². The van der Waals surface area contributed by atoms with E-state index in [1.54, 1.807) is 0 Å². The summed E-state index contributed by atoms with van der Waals surface area (Å²) in [6.07, 6.45) is 2.15. The van der Waals surface area contributed by atoms with Gasteiger partial charge in [0.15, 0.2) is 0 Å². The van der Waals surface area contributed by atoms with Gasteiger partial charge in [-0.3, -0.25) is 4.79 Å². The maximum absolute atomic E-state index is 12.0. The van der Waals surface area contributed by atoms with Gasteiger partial charge in [0.2, 0.25) is 5.91 Å². The molecule has 0 aromatic heterocycles. The van der Waals surface area contributed by atoms with Crippen LogP contribution in [0, 0.1) is 11.8 Å². The van der Waals surface area contributed by atoms with Gasteiger partial charge in [0.1, 0.15) is 6.10 Å². The molecule has 2 fully saturated rings. The van der Waals surface area contributed by atoms with Crippen LogP contribution in [0.4, 0.5) is 0 Å². The molecule has 2 heterocycles. The van der Waals surface area contributed by atoms with Gasteiger partial charge in [0.05, 0.1) is 12.7 Å². The molecular weight excluding hydrogens is 244 g/mol. The zero-order valence-corrected chi connectivity index (χ0v) is 12.0. The first kappa shape index (κ1) is 14.8. The number of hydrogen-bond donors (Lipinski definition) is 2. The Labute approximate surface area is 115 Å².